The fourth-order valence-electron chi connectivity index (χ4n) is 2.56. The molecule has 1 aliphatic rings. The van der Waals surface area contributed by atoms with Crippen LogP contribution in [0.2, 0.25) is 5.02 Å². The number of nitrogens with one attached hydrogen (secondary N) is 1. The van der Waals surface area contributed by atoms with E-state index in [1.807, 2.05) is 18.2 Å². The Bertz CT molecular complexity index is 597. The summed E-state index contributed by atoms with van der Waals surface area (Å²) >= 11 is 6.11. The van der Waals surface area contributed by atoms with E-state index in [-0.39, 0.29) is 0 Å². The monoisotopic (exact) mass is 273 g/mol. The highest BCUT2D eigenvalue weighted by atomic mass is 35.5. The molecule has 2 aromatic carbocycles. The van der Waals surface area contributed by atoms with Crippen LogP contribution in [-0.2, 0) is 6.42 Å². The Labute approximate surface area is 118 Å². The van der Waals surface area contributed by atoms with Gasteiger partial charge in [0, 0.05) is 18.2 Å². The maximum atomic E-state index is 6.11. The Hall–Kier alpha value is -1.67. The third-order valence-corrected chi connectivity index (χ3v) is 3.96. The van der Waals surface area contributed by atoms with Gasteiger partial charge in [-0.05, 0) is 35.7 Å². The molecule has 0 saturated heterocycles. The molecule has 1 unspecified atom stereocenters. The van der Waals surface area contributed by atoms with Gasteiger partial charge >= 0.3 is 0 Å². The summed E-state index contributed by atoms with van der Waals surface area (Å²) in [7, 11) is 1.62. The van der Waals surface area contributed by atoms with Crippen molar-refractivity contribution >= 4 is 17.3 Å². The van der Waals surface area contributed by atoms with Crippen LogP contribution in [0.15, 0.2) is 42.5 Å². The summed E-state index contributed by atoms with van der Waals surface area (Å²) in [5, 5.41) is 4.08. The molecular formula is C16H16ClNO. The van der Waals surface area contributed by atoms with Crippen molar-refractivity contribution in [3.63, 3.8) is 0 Å². The van der Waals surface area contributed by atoms with E-state index in [2.05, 4.69) is 29.6 Å². The normalized spacial score (nSPS) is 16.4. The summed E-state index contributed by atoms with van der Waals surface area (Å²) in [5.41, 5.74) is 3.98. The first-order valence-electron chi connectivity index (χ1n) is 6.43. The number of fused-ring (bicyclic) bond motifs is 1. The molecule has 0 bridgehead atoms. The van der Waals surface area contributed by atoms with Crippen LogP contribution in [-0.4, -0.2) is 13.7 Å². The summed E-state index contributed by atoms with van der Waals surface area (Å²) < 4.78 is 5.14. The number of ether oxygens (including phenoxy) is 1. The zero-order valence-corrected chi connectivity index (χ0v) is 11.6. The first-order chi connectivity index (χ1) is 9.28. The van der Waals surface area contributed by atoms with Gasteiger partial charge in [-0.25, -0.2) is 0 Å². The van der Waals surface area contributed by atoms with Crippen molar-refractivity contribution < 1.29 is 4.74 Å². The van der Waals surface area contributed by atoms with E-state index in [9.17, 15) is 0 Å². The topological polar surface area (TPSA) is 21.3 Å². The number of halogens is 1. The van der Waals surface area contributed by atoms with Gasteiger partial charge in [0.15, 0.2) is 0 Å². The van der Waals surface area contributed by atoms with E-state index in [1.165, 1.54) is 11.1 Å². The van der Waals surface area contributed by atoms with Crippen LogP contribution in [0.1, 0.15) is 17.0 Å². The van der Waals surface area contributed by atoms with E-state index in [0.29, 0.717) is 16.7 Å². The van der Waals surface area contributed by atoms with Crippen LogP contribution in [0, 0.1) is 0 Å². The summed E-state index contributed by atoms with van der Waals surface area (Å²) in [4.78, 5) is 0. The Balaban J connectivity index is 1.64. The molecule has 0 aromatic heterocycles. The predicted octanol–water partition coefficient (Wildman–Crippen LogP) is 4.10. The number of rotatable bonds is 4. The molecule has 1 N–H and O–H groups in total. The highest BCUT2D eigenvalue weighted by Gasteiger charge is 2.24. The SMILES string of the molecule is COc1ccc(NCC2Cc3ccccc32)cc1Cl. The largest absolute Gasteiger partial charge is 0.495 e. The third kappa shape index (κ3) is 2.41. The zero-order chi connectivity index (χ0) is 13.2. The van der Waals surface area contributed by atoms with Crippen molar-refractivity contribution in [3.8, 4) is 5.75 Å². The molecule has 0 spiro atoms. The lowest BCUT2D eigenvalue weighted by molar-refractivity contribution is 0.415. The summed E-state index contributed by atoms with van der Waals surface area (Å²) in [6, 6.07) is 14.4. The second-order valence-corrected chi connectivity index (χ2v) is 5.24. The van der Waals surface area contributed by atoms with Crippen LogP contribution >= 0.6 is 11.6 Å². The van der Waals surface area contributed by atoms with Gasteiger partial charge < -0.3 is 10.1 Å². The average molecular weight is 274 g/mol. The fraction of sp³-hybridized carbons (Fsp3) is 0.250. The maximum Gasteiger partial charge on any atom is 0.137 e. The van der Waals surface area contributed by atoms with Gasteiger partial charge in [0.05, 0.1) is 12.1 Å². The molecule has 0 heterocycles. The molecule has 0 saturated carbocycles. The smallest absolute Gasteiger partial charge is 0.137 e. The molecule has 3 heteroatoms. The molecule has 2 aromatic rings. The predicted molar refractivity (Wildman–Crippen MR) is 79.4 cm³/mol. The van der Waals surface area contributed by atoms with E-state index >= 15 is 0 Å². The molecule has 1 atom stereocenters. The minimum absolute atomic E-state index is 0.608. The highest BCUT2D eigenvalue weighted by Crippen LogP contribution is 2.35. The molecule has 0 radical (unpaired) electrons. The number of methoxy groups -OCH3 is 1. The van der Waals surface area contributed by atoms with Crippen LogP contribution in [0.25, 0.3) is 0 Å². The van der Waals surface area contributed by atoms with Crippen LogP contribution in [0.4, 0.5) is 5.69 Å². The van der Waals surface area contributed by atoms with E-state index in [0.717, 1.165) is 18.7 Å². The van der Waals surface area contributed by atoms with Crippen molar-refractivity contribution in [3.05, 3.63) is 58.6 Å². The first kappa shape index (κ1) is 12.4. The van der Waals surface area contributed by atoms with Gasteiger partial charge in [-0.2, -0.15) is 0 Å². The number of anilines is 1. The lowest BCUT2D eigenvalue weighted by Crippen LogP contribution is -2.24. The summed E-state index contributed by atoms with van der Waals surface area (Å²) in [6.07, 6.45) is 1.16. The maximum absolute atomic E-state index is 6.11. The molecule has 2 nitrogen and oxygen atoms in total. The fourth-order valence-corrected chi connectivity index (χ4v) is 2.82. The van der Waals surface area contributed by atoms with Crippen molar-refractivity contribution in [1.29, 1.82) is 0 Å². The van der Waals surface area contributed by atoms with Crippen molar-refractivity contribution in [2.24, 2.45) is 0 Å². The van der Waals surface area contributed by atoms with Gasteiger partial charge in [0.2, 0.25) is 0 Å². The van der Waals surface area contributed by atoms with Gasteiger partial charge in [0.25, 0.3) is 0 Å². The number of benzene rings is 2. The van der Waals surface area contributed by atoms with Crippen LogP contribution in [0.5, 0.6) is 5.75 Å². The molecular weight excluding hydrogens is 258 g/mol. The number of hydrogen-bond donors (Lipinski definition) is 1. The molecule has 98 valence electrons. The van der Waals surface area contributed by atoms with Crippen LogP contribution < -0.4 is 10.1 Å². The molecule has 19 heavy (non-hydrogen) atoms. The van der Waals surface area contributed by atoms with Crippen molar-refractivity contribution in [2.45, 2.75) is 12.3 Å². The summed E-state index contributed by atoms with van der Waals surface area (Å²) in [6.45, 7) is 0.944. The van der Waals surface area contributed by atoms with Crippen molar-refractivity contribution in [1.82, 2.24) is 0 Å². The average Bonchev–Trinajstić information content (AvgIpc) is 2.40. The summed E-state index contributed by atoms with van der Waals surface area (Å²) in [5.74, 6) is 1.32. The van der Waals surface area contributed by atoms with Gasteiger partial charge in [-0.15, -0.1) is 0 Å². The second kappa shape index (κ2) is 5.14. The molecule has 1 aliphatic carbocycles. The molecule has 3 rings (SSSR count). The van der Waals surface area contributed by atoms with E-state index in [4.69, 9.17) is 16.3 Å². The molecule has 0 amide bonds. The highest BCUT2D eigenvalue weighted by molar-refractivity contribution is 6.32. The van der Waals surface area contributed by atoms with E-state index < -0.39 is 0 Å². The third-order valence-electron chi connectivity index (χ3n) is 3.67. The lowest BCUT2D eigenvalue weighted by Gasteiger charge is -2.30. The quantitative estimate of drug-likeness (QED) is 0.905. The van der Waals surface area contributed by atoms with E-state index in [1.54, 1.807) is 7.11 Å². The minimum atomic E-state index is 0.608. The van der Waals surface area contributed by atoms with Gasteiger partial charge in [0.1, 0.15) is 5.75 Å². The number of hydrogen-bond acceptors (Lipinski definition) is 2. The standard InChI is InChI=1S/C16H16ClNO/c1-19-16-7-6-13(9-15(16)17)18-10-12-8-11-4-2-3-5-14(11)12/h2-7,9,12,18H,8,10H2,1H3. The lowest BCUT2D eigenvalue weighted by atomic mass is 9.77. The van der Waals surface area contributed by atoms with Gasteiger partial charge in [-0.1, -0.05) is 35.9 Å². The van der Waals surface area contributed by atoms with Crippen LogP contribution in [0.3, 0.4) is 0 Å². The molecule has 0 fully saturated rings. The Kier molecular flexibility index (Phi) is 3.34. The minimum Gasteiger partial charge on any atom is -0.495 e. The zero-order valence-electron chi connectivity index (χ0n) is 10.8. The molecule has 0 aliphatic heterocycles. The Morgan fingerprint density at radius 1 is 1.26 bits per heavy atom. The Morgan fingerprint density at radius 3 is 2.84 bits per heavy atom. The Morgan fingerprint density at radius 2 is 2.11 bits per heavy atom. The first-order valence-corrected chi connectivity index (χ1v) is 6.81. The second-order valence-electron chi connectivity index (χ2n) is 4.83. The van der Waals surface area contributed by atoms with Crippen molar-refractivity contribution in [2.75, 3.05) is 19.0 Å². The van der Waals surface area contributed by atoms with Gasteiger partial charge in [-0.3, -0.25) is 0 Å².